The summed E-state index contributed by atoms with van der Waals surface area (Å²) in [6.45, 7) is 4.74. The van der Waals surface area contributed by atoms with Gasteiger partial charge in [-0.15, -0.1) is 0 Å². The fourth-order valence-corrected chi connectivity index (χ4v) is 2.48. The number of carbonyl (C=O) groups is 1. The van der Waals surface area contributed by atoms with Gasteiger partial charge in [0, 0.05) is 30.5 Å². The van der Waals surface area contributed by atoms with Crippen molar-refractivity contribution >= 4 is 16.9 Å². The Balaban J connectivity index is 2.02. The van der Waals surface area contributed by atoms with E-state index >= 15 is 0 Å². The van der Waals surface area contributed by atoms with Gasteiger partial charge in [-0.05, 0) is 24.1 Å². The third-order valence-corrected chi connectivity index (χ3v) is 3.88. The van der Waals surface area contributed by atoms with Crippen molar-refractivity contribution in [2.45, 2.75) is 32.7 Å². The molecule has 1 amide bonds. The van der Waals surface area contributed by atoms with E-state index in [9.17, 15) is 4.79 Å². The topological polar surface area (TPSA) is 80.9 Å². The van der Waals surface area contributed by atoms with Crippen LogP contribution in [0.3, 0.4) is 0 Å². The van der Waals surface area contributed by atoms with Crippen LogP contribution < -0.4 is 11.1 Å². The number of fused-ring (bicyclic) bond motifs is 1. The Kier molecular flexibility index (Phi) is 5.22. The van der Waals surface area contributed by atoms with Crippen LogP contribution >= 0.6 is 0 Å². The van der Waals surface area contributed by atoms with Crippen molar-refractivity contribution in [2.24, 2.45) is 11.7 Å². The third-order valence-electron chi connectivity index (χ3n) is 3.88. The van der Waals surface area contributed by atoms with Gasteiger partial charge in [-0.25, -0.2) is 0 Å². The number of hydrogen-bond acceptors (Lipinski definition) is 4. The van der Waals surface area contributed by atoms with Gasteiger partial charge in [-0.3, -0.25) is 14.8 Å². The molecule has 112 valence electrons. The fraction of sp³-hybridized carbons (Fsp3) is 0.438. The number of nitrogens with zero attached hydrogens (tertiary/aromatic N) is 2. The quantitative estimate of drug-likeness (QED) is 0.852. The highest BCUT2D eigenvalue weighted by Gasteiger charge is 2.15. The number of hydrogen-bond donors (Lipinski definition) is 2. The lowest BCUT2D eigenvalue weighted by atomic mass is 9.95. The van der Waals surface area contributed by atoms with Crippen LogP contribution in [0.1, 0.15) is 37.0 Å². The van der Waals surface area contributed by atoms with E-state index in [2.05, 4.69) is 29.1 Å². The van der Waals surface area contributed by atoms with Crippen molar-refractivity contribution in [1.82, 2.24) is 15.3 Å². The van der Waals surface area contributed by atoms with E-state index < -0.39 is 0 Å². The molecule has 0 aliphatic rings. The molecule has 2 rings (SSSR count). The van der Waals surface area contributed by atoms with Gasteiger partial charge in [0.25, 0.3) is 5.91 Å². The SMILES string of the molecule is CCC(CC)C(N)CNC(=O)c1ccc2nccnc2c1. The summed E-state index contributed by atoms with van der Waals surface area (Å²) < 4.78 is 0. The lowest BCUT2D eigenvalue weighted by Gasteiger charge is -2.21. The summed E-state index contributed by atoms with van der Waals surface area (Å²) in [5, 5.41) is 2.90. The molecule has 5 nitrogen and oxygen atoms in total. The second-order valence-electron chi connectivity index (χ2n) is 5.21. The summed E-state index contributed by atoms with van der Waals surface area (Å²) in [4.78, 5) is 20.6. The Bertz CT molecular complexity index is 610. The van der Waals surface area contributed by atoms with E-state index in [0.717, 1.165) is 23.9 Å². The van der Waals surface area contributed by atoms with E-state index in [-0.39, 0.29) is 11.9 Å². The number of carbonyl (C=O) groups excluding carboxylic acids is 1. The van der Waals surface area contributed by atoms with Crippen LogP contribution in [0.25, 0.3) is 11.0 Å². The first-order chi connectivity index (χ1) is 10.2. The smallest absolute Gasteiger partial charge is 0.251 e. The molecule has 1 unspecified atom stereocenters. The second-order valence-corrected chi connectivity index (χ2v) is 5.21. The summed E-state index contributed by atoms with van der Waals surface area (Å²) in [5.74, 6) is 0.316. The Morgan fingerprint density at radius 1 is 1.19 bits per heavy atom. The molecule has 0 aliphatic carbocycles. The van der Waals surface area contributed by atoms with Gasteiger partial charge in [-0.2, -0.15) is 0 Å². The Hall–Kier alpha value is -2.01. The summed E-state index contributed by atoms with van der Waals surface area (Å²) in [7, 11) is 0. The zero-order valence-corrected chi connectivity index (χ0v) is 12.5. The maximum absolute atomic E-state index is 12.2. The van der Waals surface area contributed by atoms with E-state index in [1.165, 1.54) is 0 Å². The van der Waals surface area contributed by atoms with Gasteiger partial charge in [0.15, 0.2) is 0 Å². The number of benzene rings is 1. The molecule has 1 heterocycles. The fourth-order valence-electron chi connectivity index (χ4n) is 2.48. The van der Waals surface area contributed by atoms with E-state index in [1.54, 1.807) is 30.6 Å². The molecule has 21 heavy (non-hydrogen) atoms. The predicted octanol–water partition coefficient (Wildman–Crippen LogP) is 2.12. The minimum atomic E-state index is -0.121. The summed E-state index contributed by atoms with van der Waals surface area (Å²) in [5.41, 5.74) is 8.20. The van der Waals surface area contributed by atoms with Crippen molar-refractivity contribution in [3.63, 3.8) is 0 Å². The zero-order chi connectivity index (χ0) is 15.2. The average molecular weight is 286 g/mol. The second kappa shape index (κ2) is 7.13. The third kappa shape index (κ3) is 3.76. The zero-order valence-electron chi connectivity index (χ0n) is 12.5. The lowest BCUT2D eigenvalue weighted by Crippen LogP contribution is -2.41. The Morgan fingerprint density at radius 2 is 1.86 bits per heavy atom. The molecule has 0 saturated heterocycles. The monoisotopic (exact) mass is 286 g/mol. The van der Waals surface area contributed by atoms with Crippen LogP contribution in [0, 0.1) is 5.92 Å². The first-order valence-corrected chi connectivity index (χ1v) is 7.40. The number of nitrogens with two attached hydrogens (primary N) is 1. The van der Waals surface area contributed by atoms with Gasteiger partial charge in [0.1, 0.15) is 0 Å². The highest BCUT2D eigenvalue weighted by Crippen LogP contribution is 2.12. The summed E-state index contributed by atoms with van der Waals surface area (Å²) >= 11 is 0. The van der Waals surface area contributed by atoms with Crippen LogP contribution in [0.2, 0.25) is 0 Å². The highest BCUT2D eigenvalue weighted by molar-refractivity contribution is 5.97. The highest BCUT2D eigenvalue weighted by atomic mass is 16.1. The first kappa shape index (κ1) is 15.4. The first-order valence-electron chi connectivity index (χ1n) is 7.40. The minimum absolute atomic E-state index is 0.0100. The average Bonchev–Trinajstić information content (AvgIpc) is 2.53. The molecule has 5 heteroatoms. The molecule has 1 aromatic carbocycles. The van der Waals surface area contributed by atoms with Gasteiger partial charge in [0.2, 0.25) is 0 Å². The van der Waals surface area contributed by atoms with Crippen LogP contribution in [0.4, 0.5) is 0 Å². The van der Waals surface area contributed by atoms with Gasteiger partial charge in [0.05, 0.1) is 11.0 Å². The van der Waals surface area contributed by atoms with Crippen LogP contribution in [0.5, 0.6) is 0 Å². The molecule has 1 atom stereocenters. The largest absolute Gasteiger partial charge is 0.350 e. The molecule has 1 aromatic heterocycles. The number of nitrogens with one attached hydrogen (secondary N) is 1. The summed E-state index contributed by atoms with van der Waals surface area (Å²) in [6.07, 6.45) is 5.31. The molecule has 0 radical (unpaired) electrons. The normalized spacial score (nSPS) is 12.6. The van der Waals surface area contributed by atoms with Crippen molar-refractivity contribution in [1.29, 1.82) is 0 Å². The van der Waals surface area contributed by atoms with Crippen molar-refractivity contribution in [3.8, 4) is 0 Å². The summed E-state index contributed by atoms with van der Waals surface area (Å²) in [6, 6.07) is 5.30. The molecular weight excluding hydrogens is 264 g/mol. The maximum atomic E-state index is 12.2. The van der Waals surface area contributed by atoms with Crippen LogP contribution in [-0.4, -0.2) is 28.5 Å². The Labute approximate surface area is 125 Å². The molecule has 2 aromatic rings. The minimum Gasteiger partial charge on any atom is -0.350 e. The Morgan fingerprint density at radius 3 is 2.52 bits per heavy atom. The lowest BCUT2D eigenvalue weighted by molar-refractivity contribution is 0.0948. The van der Waals surface area contributed by atoms with Crippen molar-refractivity contribution < 1.29 is 4.79 Å². The van der Waals surface area contributed by atoms with E-state index in [0.29, 0.717) is 18.0 Å². The maximum Gasteiger partial charge on any atom is 0.251 e. The molecule has 0 bridgehead atoms. The number of aromatic nitrogens is 2. The van der Waals surface area contributed by atoms with Crippen molar-refractivity contribution in [3.05, 3.63) is 36.2 Å². The van der Waals surface area contributed by atoms with E-state index in [1.807, 2.05) is 0 Å². The standard InChI is InChI=1S/C16H22N4O/c1-3-11(4-2)13(17)10-20-16(21)12-5-6-14-15(9-12)19-8-7-18-14/h5-9,11,13H,3-4,10,17H2,1-2H3,(H,20,21). The number of rotatable bonds is 6. The van der Waals surface area contributed by atoms with Gasteiger partial charge >= 0.3 is 0 Å². The van der Waals surface area contributed by atoms with Crippen LogP contribution in [0.15, 0.2) is 30.6 Å². The van der Waals surface area contributed by atoms with Crippen LogP contribution in [-0.2, 0) is 0 Å². The molecular formula is C16H22N4O. The van der Waals surface area contributed by atoms with E-state index in [4.69, 9.17) is 5.73 Å². The molecule has 0 spiro atoms. The molecule has 0 saturated carbocycles. The van der Waals surface area contributed by atoms with Gasteiger partial charge in [-0.1, -0.05) is 26.7 Å². The molecule has 3 N–H and O–H groups in total. The molecule has 0 aliphatic heterocycles. The number of amides is 1. The predicted molar refractivity (Wildman–Crippen MR) is 83.9 cm³/mol. The van der Waals surface area contributed by atoms with Gasteiger partial charge < -0.3 is 11.1 Å². The van der Waals surface area contributed by atoms with Crippen molar-refractivity contribution in [2.75, 3.05) is 6.54 Å². The molecule has 0 fully saturated rings.